The molecule has 0 fully saturated rings. The summed E-state index contributed by atoms with van der Waals surface area (Å²) in [6, 6.07) is 0. The molecular formula is C7H16N3O2S. The van der Waals surface area contributed by atoms with E-state index >= 15 is 0 Å². The van der Waals surface area contributed by atoms with Crippen LogP contribution in [0, 0.1) is 5.41 Å². The minimum absolute atomic E-state index is 0.228. The second kappa shape index (κ2) is 5.80. The molecule has 0 bridgehead atoms. The van der Waals surface area contributed by atoms with Gasteiger partial charge in [0.2, 0.25) is 5.96 Å². The molecule has 0 saturated carbocycles. The van der Waals surface area contributed by atoms with Crippen LogP contribution >= 0.6 is 0 Å². The summed E-state index contributed by atoms with van der Waals surface area (Å²) in [5.41, 5.74) is 6.73. The topological polar surface area (TPSA) is 93.8 Å². The molecule has 0 amide bonds. The van der Waals surface area contributed by atoms with E-state index in [1.165, 1.54) is 6.26 Å². The van der Waals surface area contributed by atoms with E-state index in [9.17, 15) is 8.42 Å². The molecule has 0 atom stereocenters. The fraction of sp³-hybridized carbons (Fsp3) is 0.857. The van der Waals surface area contributed by atoms with Crippen molar-refractivity contribution in [3.63, 3.8) is 0 Å². The van der Waals surface area contributed by atoms with Gasteiger partial charge in [-0.25, -0.2) is 8.42 Å². The molecule has 0 aromatic carbocycles. The molecule has 5 nitrogen and oxygen atoms in total. The fourth-order valence-electron chi connectivity index (χ4n) is 0.879. The number of nitrogens with one attached hydrogen (secondary N) is 3. The molecule has 3 N–H and O–H groups in total. The molecule has 6 heteroatoms. The lowest BCUT2D eigenvalue weighted by atomic mass is 10.2. The van der Waals surface area contributed by atoms with Gasteiger partial charge >= 0.3 is 0 Å². The molecule has 0 saturated heterocycles. The number of rotatable bonds is 6. The van der Waals surface area contributed by atoms with Gasteiger partial charge in [0, 0.05) is 18.6 Å². The highest BCUT2D eigenvalue weighted by Gasteiger charge is 2.00. The summed E-state index contributed by atoms with van der Waals surface area (Å²) >= 11 is 0. The summed E-state index contributed by atoms with van der Waals surface area (Å²) in [4.78, 5) is 0. The Morgan fingerprint density at radius 3 is 2.38 bits per heavy atom. The SMILES string of the molecule is CS(=O)(=O)CCCCCNC([NH])=N. The maximum Gasteiger partial charge on any atom is 0.207 e. The summed E-state index contributed by atoms with van der Waals surface area (Å²) in [5, 5.41) is 9.28. The second-order valence-electron chi connectivity index (χ2n) is 2.99. The van der Waals surface area contributed by atoms with Crippen LogP contribution in [0.25, 0.3) is 0 Å². The Bertz CT molecular complexity index is 248. The van der Waals surface area contributed by atoms with E-state index in [4.69, 9.17) is 11.1 Å². The van der Waals surface area contributed by atoms with Gasteiger partial charge in [0.15, 0.2) is 0 Å². The lowest BCUT2D eigenvalue weighted by molar-refractivity contribution is 0.594. The smallest absolute Gasteiger partial charge is 0.207 e. The third-order valence-electron chi connectivity index (χ3n) is 1.49. The molecular weight excluding hydrogens is 190 g/mol. The molecule has 0 aliphatic heterocycles. The molecule has 0 aliphatic carbocycles. The zero-order valence-electron chi connectivity index (χ0n) is 7.76. The molecule has 0 aromatic heterocycles. The van der Waals surface area contributed by atoms with Crippen molar-refractivity contribution in [2.24, 2.45) is 0 Å². The van der Waals surface area contributed by atoms with Gasteiger partial charge in [0.25, 0.3) is 0 Å². The van der Waals surface area contributed by atoms with Crippen LogP contribution in [0.4, 0.5) is 0 Å². The van der Waals surface area contributed by atoms with Crippen LogP contribution < -0.4 is 11.1 Å². The summed E-state index contributed by atoms with van der Waals surface area (Å²) in [6.45, 7) is 0.575. The van der Waals surface area contributed by atoms with E-state index in [0.29, 0.717) is 13.0 Å². The number of guanidine groups is 1. The van der Waals surface area contributed by atoms with Crippen molar-refractivity contribution in [2.75, 3.05) is 18.6 Å². The first kappa shape index (κ1) is 12.2. The Balaban J connectivity index is 3.23. The Hall–Kier alpha value is -0.780. The average Bonchev–Trinajstić information content (AvgIpc) is 1.93. The summed E-state index contributed by atoms with van der Waals surface area (Å²) in [5.74, 6) is -0.0613. The van der Waals surface area contributed by atoms with Crippen LogP contribution in [0.1, 0.15) is 19.3 Å². The van der Waals surface area contributed by atoms with Crippen molar-refractivity contribution < 1.29 is 8.42 Å². The Kier molecular flexibility index (Phi) is 5.45. The normalized spacial score (nSPS) is 11.2. The van der Waals surface area contributed by atoms with Crippen molar-refractivity contribution in [3.05, 3.63) is 0 Å². The maximum absolute atomic E-state index is 10.7. The van der Waals surface area contributed by atoms with Crippen LogP contribution in [0.2, 0.25) is 0 Å². The molecule has 0 unspecified atom stereocenters. The Morgan fingerprint density at radius 1 is 1.31 bits per heavy atom. The van der Waals surface area contributed by atoms with Gasteiger partial charge in [-0.05, 0) is 12.8 Å². The zero-order chi connectivity index (χ0) is 10.3. The molecule has 0 aromatic rings. The summed E-state index contributed by atoms with van der Waals surface area (Å²) in [6.07, 6.45) is 3.50. The predicted octanol–water partition coefficient (Wildman–Crippen LogP) is 0.00857. The van der Waals surface area contributed by atoms with Gasteiger partial charge in [-0.3, -0.25) is 11.1 Å². The van der Waals surface area contributed by atoms with Gasteiger partial charge in [-0.1, -0.05) is 6.42 Å². The van der Waals surface area contributed by atoms with Crippen LogP contribution in [0.5, 0.6) is 0 Å². The Morgan fingerprint density at radius 2 is 1.92 bits per heavy atom. The molecule has 0 aliphatic rings. The monoisotopic (exact) mass is 206 g/mol. The van der Waals surface area contributed by atoms with E-state index in [-0.39, 0.29) is 11.7 Å². The van der Waals surface area contributed by atoms with E-state index in [1.807, 2.05) is 0 Å². The lowest BCUT2D eigenvalue weighted by Crippen LogP contribution is -2.24. The van der Waals surface area contributed by atoms with E-state index in [1.54, 1.807) is 0 Å². The largest absolute Gasteiger partial charge is 0.355 e. The van der Waals surface area contributed by atoms with Crippen molar-refractivity contribution in [3.8, 4) is 0 Å². The number of unbranched alkanes of at least 4 members (excludes halogenated alkanes) is 2. The number of sulfone groups is 1. The average molecular weight is 206 g/mol. The van der Waals surface area contributed by atoms with E-state index in [0.717, 1.165) is 12.8 Å². The molecule has 13 heavy (non-hydrogen) atoms. The standard InChI is InChI=1S/C7H16N3O2S/c1-13(11,12)6-4-2-3-5-10-7(8)9/h8H,2-6H2,1H3,(H2,9,10). The molecule has 0 spiro atoms. The third-order valence-corrected chi connectivity index (χ3v) is 2.52. The fourth-order valence-corrected chi connectivity index (χ4v) is 1.61. The highest BCUT2D eigenvalue weighted by molar-refractivity contribution is 7.90. The van der Waals surface area contributed by atoms with Crippen LogP contribution in [0.3, 0.4) is 0 Å². The minimum Gasteiger partial charge on any atom is -0.355 e. The van der Waals surface area contributed by atoms with E-state index < -0.39 is 9.84 Å². The number of hydrogen-bond donors (Lipinski definition) is 2. The minimum atomic E-state index is -2.83. The van der Waals surface area contributed by atoms with Gasteiger partial charge in [-0.15, -0.1) is 0 Å². The van der Waals surface area contributed by atoms with Crippen LogP contribution in [0.15, 0.2) is 0 Å². The van der Waals surface area contributed by atoms with Crippen molar-refractivity contribution in [1.82, 2.24) is 11.1 Å². The first-order valence-electron chi connectivity index (χ1n) is 4.13. The molecule has 77 valence electrons. The Labute approximate surface area is 79.1 Å². The van der Waals surface area contributed by atoms with Crippen LogP contribution in [-0.4, -0.2) is 32.9 Å². The summed E-state index contributed by atoms with van der Waals surface area (Å²) in [7, 11) is -2.83. The lowest BCUT2D eigenvalue weighted by Gasteiger charge is -2.01. The second-order valence-corrected chi connectivity index (χ2v) is 5.25. The number of hydrogen-bond acceptors (Lipinski definition) is 3. The first-order chi connectivity index (χ1) is 5.92. The quantitative estimate of drug-likeness (QED) is 0.364. The van der Waals surface area contributed by atoms with Gasteiger partial charge in [-0.2, -0.15) is 0 Å². The van der Waals surface area contributed by atoms with Crippen molar-refractivity contribution >= 4 is 15.8 Å². The molecule has 0 rings (SSSR count). The first-order valence-corrected chi connectivity index (χ1v) is 6.19. The summed E-state index contributed by atoms with van der Waals surface area (Å²) < 4.78 is 21.4. The highest BCUT2D eigenvalue weighted by Crippen LogP contribution is 1.97. The van der Waals surface area contributed by atoms with Gasteiger partial charge < -0.3 is 5.32 Å². The van der Waals surface area contributed by atoms with Gasteiger partial charge in [0.05, 0.1) is 0 Å². The zero-order valence-corrected chi connectivity index (χ0v) is 8.58. The molecule has 0 heterocycles. The van der Waals surface area contributed by atoms with Crippen molar-refractivity contribution in [1.29, 1.82) is 5.41 Å². The molecule has 1 radical (unpaired) electrons. The van der Waals surface area contributed by atoms with E-state index in [2.05, 4.69) is 5.32 Å². The van der Waals surface area contributed by atoms with Gasteiger partial charge in [0.1, 0.15) is 9.84 Å². The predicted molar refractivity (Wildman–Crippen MR) is 52.4 cm³/mol. The van der Waals surface area contributed by atoms with Crippen LogP contribution in [-0.2, 0) is 9.84 Å². The highest BCUT2D eigenvalue weighted by atomic mass is 32.2. The van der Waals surface area contributed by atoms with Crippen molar-refractivity contribution in [2.45, 2.75) is 19.3 Å². The maximum atomic E-state index is 10.7. The third kappa shape index (κ3) is 11.2.